The summed E-state index contributed by atoms with van der Waals surface area (Å²) in [6, 6.07) is 8.36. The second kappa shape index (κ2) is 7.93. The van der Waals surface area contributed by atoms with Crippen molar-refractivity contribution in [2.75, 3.05) is 23.8 Å². The average Bonchev–Trinajstić information content (AvgIpc) is 2.52. The monoisotopic (exact) mass is 301 g/mol. The second-order valence-electron chi connectivity index (χ2n) is 6.51. The summed E-state index contributed by atoms with van der Waals surface area (Å²) in [6.07, 6.45) is 6.46. The van der Waals surface area contributed by atoms with E-state index in [4.69, 9.17) is 15.7 Å². The highest BCUT2D eigenvalue weighted by molar-refractivity contribution is 5.70. The van der Waals surface area contributed by atoms with Gasteiger partial charge < -0.3 is 15.4 Å². The van der Waals surface area contributed by atoms with Crippen LogP contribution >= 0.6 is 0 Å². The SMILES string of the molecule is CC(C)CN(c1ccc(OCC#N)cc1N)C1CCCCC1. The fourth-order valence-corrected chi connectivity index (χ4v) is 3.23. The van der Waals surface area contributed by atoms with Crippen LogP contribution in [-0.4, -0.2) is 19.2 Å². The zero-order valence-corrected chi connectivity index (χ0v) is 13.7. The number of anilines is 2. The van der Waals surface area contributed by atoms with E-state index in [1.807, 2.05) is 24.3 Å². The van der Waals surface area contributed by atoms with Gasteiger partial charge in [0.15, 0.2) is 6.61 Å². The van der Waals surface area contributed by atoms with Gasteiger partial charge in [0, 0.05) is 18.7 Å². The molecule has 2 N–H and O–H groups in total. The summed E-state index contributed by atoms with van der Waals surface area (Å²) < 4.78 is 5.34. The Balaban J connectivity index is 2.20. The first-order valence-corrected chi connectivity index (χ1v) is 8.27. The van der Waals surface area contributed by atoms with Crippen molar-refractivity contribution in [3.8, 4) is 11.8 Å². The first-order valence-electron chi connectivity index (χ1n) is 8.27. The largest absolute Gasteiger partial charge is 0.479 e. The summed E-state index contributed by atoms with van der Waals surface area (Å²) in [7, 11) is 0. The Morgan fingerprint density at radius 1 is 1.32 bits per heavy atom. The van der Waals surface area contributed by atoms with E-state index in [0.717, 1.165) is 17.9 Å². The molecule has 0 spiro atoms. The van der Waals surface area contributed by atoms with Crippen molar-refractivity contribution < 1.29 is 4.74 Å². The Morgan fingerprint density at radius 2 is 2.05 bits per heavy atom. The van der Waals surface area contributed by atoms with Gasteiger partial charge in [-0.3, -0.25) is 0 Å². The lowest BCUT2D eigenvalue weighted by atomic mass is 9.93. The van der Waals surface area contributed by atoms with E-state index in [1.54, 1.807) is 0 Å². The minimum atomic E-state index is 0.0527. The van der Waals surface area contributed by atoms with Gasteiger partial charge in [-0.15, -0.1) is 0 Å². The molecular formula is C18H27N3O. The van der Waals surface area contributed by atoms with Crippen LogP contribution in [0.1, 0.15) is 46.0 Å². The van der Waals surface area contributed by atoms with Gasteiger partial charge in [-0.2, -0.15) is 5.26 Å². The average molecular weight is 301 g/mol. The van der Waals surface area contributed by atoms with E-state index in [1.165, 1.54) is 32.1 Å². The third-order valence-electron chi connectivity index (χ3n) is 4.19. The minimum absolute atomic E-state index is 0.0527. The standard InChI is InChI=1S/C18H27N3O/c1-14(2)13-21(15-6-4-3-5-7-15)18-9-8-16(12-17(18)20)22-11-10-19/h8-9,12,14-15H,3-7,11,13,20H2,1-2H3. The highest BCUT2D eigenvalue weighted by atomic mass is 16.5. The van der Waals surface area contributed by atoms with Crippen LogP contribution in [0.2, 0.25) is 0 Å². The quantitative estimate of drug-likeness (QED) is 0.808. The molecule has 0 aromatic heterocycles. The molecule has 1 fully saturated rings. The van der Waals surface area contributed by atoms with Crippen molar-refractivity contribution in [3.63, 3.8) is 0 Å². The summed E-state index contributed by atoms with van der Waals surface area (Å²) in [5.74, 6) is 1.26. The lowest BCUT2D eigenvalue weighted by molar-refractivity contribution is 0.368. The lowest BCUT2D eigenvalue weighted by Gasteiger charge is -2.38. The topological polar surface area (TPSA) is 62.3 Å². The Bertz CT molecular complexity index is 516. The molecule has 0 unspecified atom stereocenters. The number of ether oxygens (including phenoxy) is 1. The molecule has 4 nitrogen and oxygen atoms in total. The second-order valence-corrected chi connectivity index (χ2v) is 6.51. The van der Waals surface area contributed by atoms with Gasteiger partial charge in [0.2, 0.25) is 0 Å². The van der Waals surface area contributed by atoms with Crippen LogP contribution in [-0.2, 0) is 0 Å². The summed E-state index contributed by atoms with van der Waals surface area (Å²) in [5.41, 5.74) is 8.11. The van der Waals surface area contributed by atoms with E-state index < -0.39 is 0 Å². The maximum absolute atomic E-state index is 8.59. The maximum atomic E-state index is 8.59. The van der Waals surface area contributed by atoms with E-state index in [9.17, 15) is 0 Å². The molecule has 1 aliphatic carbocycles. The highest BCUT2D eigenvalue weighted by Gasteiger charge is 2.23. The fourth-order valence-electron chi connectivity index (χ4n) is 3.23. The van der Waals surface area contributed by atoms with Gasteiger partial charge in [0.05, 0.1) is 11.4 Å². The molecule has 0 heterocycles. The van der Waals surface area contributed by atoms with Crippen LogP contribution < -0.4 is 15.4 Å². The van der Waals surface area contributed by atoms with Crippen LogP contribution in [0, 0.1) is 17.2 Å². The molecule has 0 atom stereocenters. The first kappa shape index (κ1) is 16.5. The van der Waals surface area contributed by atoms with Crippen molar-refractivity contribution >= 4 is 11.4 Å². The van der Waals surface area contributed by atoms with Crippen LogP contribution in [0.3, 0.4) is 0 Å². The number of benzene rings is 1. The van der Waals surface area contributed by atoms with Crippen LogP contribution in [0.4, 0.5) is 11.4 Å². The summed E-state index contributed by atoms with van der Waals surface area (Å²) in [5, 5.41) is 8.59. The molecule has 2 rings (SSSR count). The lowest BCUT2D eigenvalue weighted by Crippen LogP contribution is -2.39. The predicted octanol–water partition coefficient (Wildman–Crippen LogP) is 3.97. The van der Waals surface area contributed by atoms with Crippen molar-refractivity contribution in [1.82, 2.24) is 0 Å². The van der Waals surface area contributed by atoms with Crippen molar-refractivity contribution in [3.05, 3.63) is 18.2 Å². The molecule has 0 amide bonds. The smallest absolute Gasteiger partial charge is 0.174 e. The van der Waals surface area contributed by atoms with Crippen LogP contribution in [0.15, 0.2) is 18.2 Å². The Hall–Kier alpha value is -1.89. The molecule has 0 saturated heterocycles. The molecule has 1 aromatic carbocycles. The van der Waals surface area contributed by atoms with Crippen LogP contribution in [0.25, 0.3) is 0 Å². The van der Waals surface area contributed by atoms with E-state index in [2.05, 4.69) is 18.7 Å². The zero-order chi connectivity index (χ0) is 15.9. The summed E-state index contributed by atoms with van der Waals surface area (Å²) >= 11 is 0. The maximum Gasteiger partial charge on any atom is 0.174 e. The summed E-state index contributed by atoms with van der Waals surface area (Å²) in [6.45, 7) is 5.57. The Labute approximate surface area is 133 Å². The molecule has 1 saturated carbocycles. The molecule has 4 heteroatoms. The molecule has 0 bridgehead atoms. The minimum Gasteiger partial charge on any atom is -0.479 e. The van der Waals surface area contributed by atoms with Crippen molar-refractivity contribution in [1.29, 1.82) is 5.26 Å². The Morgan fingerprint density at radius 3 is 2.64 bits per heavy atom. The predicted molar refractivity (Wildman–Crippen MR) is 91.0 cm³/mol. The molecular weight excluding hydrogens is 274 g/mol. The van der Waals surface area contributed by atoms with Gasteiger partial charge in [-0.25, -0.2) is 0 Å². The number of rotatable bonds is 6. The zero-order valence-electron chi connectivity index (χ0n) is 13.7. The van der Waals surface area contributed by atoms with Gasteiger partial charge in [0.25, 0.3) is 0 Å². The molecule has 120 valence electrons. The van der Waals surface area contributed by atoms with E-state index >= 15 is 0 Å². The van der Waals surface area contributed by atoms with Crippen LogP contribution in [0.5, 0.6) is 5.75 Å². The Kier molecular flexibility index (Phi) is 5.94. The molecule has 1 aromatic rings. The molecule has 0 aliphatic heterocycles. The molecule has 22 heavy (non-hydrogen) atoms. The van der Waals surface area contributed by atoms with Gasteiger partial charge in [-0.1, -0.05) is 33.1 Å². The van der Waals surface area contributed by atoms with Crippen molar-refractivity contribution in [2.24, 2.45) is 5.92 Å². The number of hydrogen-bond acceptors (Lipinski definition) is 4. The van der Waals surface area contributed by atoms with Crippen molar-refractivity contribution in [2.45, 2.75) is 52.0 Å². The number of hydrogen-bond donors (Lipinski definition) is 1. The third kappa shape index (κ3) is 4.30. The number of nitrogens with zero attached hydrogens (tertiary/aromatic N) is 2. The van der Waals surface area contributed by atoms with Gasteiger partial charge in [0.1, 0.15) is 11.8 Å². The first-order chi connectivity index (χ1) is 10.6. The van der Waals surface area contributed by atoms with Gasteiger partial charge in [-0.05, 0) is 30.9 Å². The van der Waals surface area contributed by atoms with E-state index in [0.29, 0.717) is 17.7 Å². The summed E-state index contributed by atoms with van der Waals surface area (Å²) in [4.78, 5) is 2.48. The molecule has 1 aliphatic rings. The molecule has 0 radical (unpaired) electrons. The van der Waals surface area contributed by atoms with Gasteiger partial charge >= 0.3 is 0 Å². The number of nitriles is 1. The fraction of sp³-hybridized carbons (Fsp3) is 0.611. The highest BCUT2D eigenvalue weighted by Crippen LogP contribution is 2.33. The number of nitrogen functional groups attached to an aromatic ring is 1. The van der Waals surface area contributed by atoms with E-state index in [-0.39, 0.29) is 6.61 Å². The normalized spacial score (nSPS) is 15.5. The third-order valence-corrected chi connectivity index (χ3v) is 4.19. The number of nitrogens with two attached hydrogens (primary N) is 1.